The van der Waals surface area contributed by atoms with Gasteiger partial charge in [-0.1, -0.05) is 28.1 Å². The Morgan fingerprint density at radius 3 is 2.28 bits per heavy atom. The van der Waals surface area contributed by atoms with Crippen LogP contribution >= 0.6 is 15.9 Å². The molecule has 0 aliphatic rings. The van der Waals surface area contributed by atoms with E-state index in [4.69, 9.17) is 0 Å². The van der Waals surface area contributed by atoms with Crippen LogP contribution in [0.2, 0.25) is 0 Å². The Morgan fingerprint density at radius 1 is 1.28 bits per heavy atom. The fourth-order valence-corrected chi connectivity index (χ4v) is 1.76. The van der Waals surface area contributed by atoms with Crippen molar-refractivity contribution in [1.82, 2.24) is 0 Å². The van der Waals surface area contributed by atoms with Gasteiger partial charge in [-0.15, -0.1) is 0 Å². The van der Waals surface area contributed by atoms with Crippen molar-refractivity contribution in [1.29, 1.82) is 0 Å². The molecule has 1 rings (SSSR count). The fraction of sp³-hybridized carbons (Fsp3) is 0.308. The van der Waals surface area contributed by atoms with Gasteiger partial charge in [-0.2, -0.15) is 0 Å². The number of aliphatic imine (C=N–C) groups is 1. The number of esters is 1. The summed E-state index contributed by atoms with van der Waals surface area (Å²) in [5.74, 6) is -1.87. The number of ether oxygens (including phenoxy) is 1. The Bertz CT molecular complexity index is 480. The van der Waals surface area contributed by atoms with Crippen LogP contribution in [0.1, 0.15) is 17.3 Å². The maximum atomic E-state index is 12.3. The number of hydrogen-bond donors (Lipinski definition) is 0. The predicted octanol–water partition coefficient (Wildman–Crippen LogP) is 2.51. The first-order valence-electron chi connectivity index (χ1n) is 5.32. The molecular formula is C13H14BrNO3. The van der Waals surface area contributed by atoms with Gasteiger partial charge in [0, 0.05) is 22.8 Å². The number of carbonyl (C=O) groups is 2. The molecule has 0 radical (unpaired) electrons. The Hall–Kier alpha value is -1.49. The maximum Gasteiger partial charge on any atom is 0.322 e. The van der Waals surface area contributed by atoms with E-state index < -0.39 is 11.9 Å². The second-order valence-corrected chi connectivity index (χ2v) is 4.61. The van der Waals surface area contributed by atoms with E-state index in [0.29, 0.717) is 11.3 Å². The van der Waals surface area contributed by atoms with Crippen LogP contribution in [-0.2, 0) is 9.53 Å². The lowest BCUT2D eigenvalue weighted by molar-refractivity contribution is -0.141. The average Bonchev–Trinajstić information content (AvgIpc) is 2.39. The van der Waals surface area contributed by atoms with Gasteiger partial charge >= 0.3 is 5.97 Å². The molecule has 4 nitrogen and oxygen atoms in total. The molecule has 1 aromatic carbocycles. The number of hydrogen-bond acceptors (Lipinski definition) is 4. The lowest BCUT2D eigenvalue weighted by Crippen LogP contribution is -2.31. The van der Waals surface area contributed by atoms with Crippen molar-refractivity contribution < 1.29 is 14.3 Å². The van der Waals surface area contributed by atoms with Gasteiger partial charge in [-0.05, 0) is 19.1 Å². The smallest absolute Gasteiger partial charge is 0.322 e. The summed E-state index contributed by atoms with van der Waals surface area (Å²) in [6.07, 6.45) is 0. The Morgan fingerprint density at radius 2 is 1.83 bits per heavy atom. The molecule has 0 amide bonds. The van der Waals surface area contributed by atoms with Gasteiger partial charge in [-0.25, -0.2) is 0 Å². The second-order valence-electron chi connectivity index (χ2n) is 3.69. The van der Waals surface area contributed by atoms with E-state index in [0.717, 1.165) is 4.47 Å². The summed E-state index contributed by atoms with van der Waals surface area (Å²) in [7, 11) is 2.80. The minimum atomic E-state index is -0.971. The third-order valence-corrected chi connectivity index (χ3v) is 3.13. The van der Waals surface area contributed by atoms with Crippen LogP contribution in [0.5, 0.6) is 0 Å². The highest BCUT2D eigenvalue weighted by molar-refractivity contribution is 9.10. The van der Waals surface area contributed by atoms with Gasteiger partial charge in [0.15, 0.2) is 11.7 Å². The molecule has 0 bridgehead atoms. The van der Waals surface area contributed by atoms with Crippen LogP contribution in [0.3, 0.4) is 0 Å². The summed E-state index contributed by atoms with van der Waals surface area (Å²) in [5, 5.41) is 0. The first-order valence-corrected chi connectivity index (χ1v) is 6.11. The quantitative estimate of drug-likeness (QED) is 0.371. The van der Waals surface area contributed by atoms with Gasteiger partial charge in [0.2, 0.25) is 0 Å². The number of carbonyl (C=O) groups excluding carboxylic acids is 2. The number of halogens is 1. The monoisotopic (exact) mass is 311 g/mol. The summed E-state index contributed by atoms with van der Waals surface area (Å²) in [6, 6.07) is 6.82. The summed E-state index contributed by atoms with van der Waals surface area (Å²) in [6.45, 7) is 1.64. The number of Topliss-reactive ketones (excluding diaryl/α,β-unsaturated/α-hetero) is 1. The lowest BCUT2D eigenvalue weighted by atomic mass is 9.94. The van der Waals surface area contributed by atoms with Crippen LogP contribution in [0, 0.1) is 5.92 Å². The minimum absolute atomic E-state index is 0.308. The molecule has 18 heavy (non-hydrogen) atoms. The lowest BCUT2D eigenvalue weighted by Gasteiger charge is -2.13. The Balaban J connectivity index is 3.10. The topological polar surface area (TPSA) is 55.7 Å². The van der Waals surface area contributed by atoms with Crippen LogP contribution in [0.4, 0.5) is 0 Å². The summed E-state index contributed by atoms with van der Waals surface area (Å²) < 4.78 is 5.52. The summed E-state index contributed by atoms with van der Waals surface area (Å²) >= 11 is 3.29. The Labute approximate surface area is 114 Å². The SMILES string of the molecule is CN=C(C)C(C(=O)OC)C(=O)c1ccc(Br)cc1. The third-order valence-electron chi connectivity index (χ3n) is 2.60. The summed E-state index contributed by atoms with van der Waals surface area (Å²) in [4.78, 5) is 27.8. The third kappa shape index (κ3) is 3.26. The summed E-state index contributed by atoms with van der Waals surface area (Å²) in [5.41, 5.74) is 0.895. The molecule has 0 aliphatic carbocycles. The van der Waals surface area contributed by atoms with Gasteiger partial charge in [0.1, 0.15) is 0 Å². The number of benzene rings is 1. The zero-order valence-electron chi connectivity index (χ0n) is 10.4. The Kier molecular flexibility index (Phi) is 5.22. The van der Waals surface area contributed by atoms with E-state index in [2.05, 4.69) is 25.7 Å². The molecule has 0 saturated carbocycles. The normalized spacial score (nSPS) is 13.0. The molecule has 0 N–H and O–H groups in total. The molecular weight excluding hydrogens is 298 g/mol. The highest BCUT2D eigenvalue weighted by Crippen LogP contribution is 2.16. The molecule has 0 heterocycles. The number of rotatable bonds is 4. The van der Waals surface area contributed by atoms with Crippen molar-refractivity contribution in [3.8, 4) is 0 Å². The van der Waals surface area contributed by atoms with Crippen molar-refractivity contribution in [2.75, 3.05) is 14.2 Å². The first kappa shape index (κ1) is 14.6. The molecule has 1 atom stereocenters. The van der Waals surface area contributed by atoms with Crippen molar-refractivity contribution >= 4 is 33.4 Å². The molecule has 1 unspecified atom stereocenters. The zero-order chi connectivity index (χ0) is 13.7. The van der Waals surface area contributed by atoms with Crippen LogP contribution in [-0.4, -0.2) is 31.6 Å². The fourth-order valence-electron chi connectivity index (χ4n) is 1.50. The molecule has 0 saturated heterocycles. The maximum absolute atomic E-state index is 12.3. The van der Waals surface area contributed by atoms with Crippen LogP contribution in [0.25, 0.3) is 0 Å². The number of nitrogens with zero attached hydrogens (tertiary/aromatic N) is 1. The van der Waals surface area contributed by atoms with E-state index in [9.17, 15) is 9.59 Å². The van der Waals surface area contributed by atoms with E-state index in [1.165, 1.54) is 7.11 Å². The number of methoxy groups -OCH3 is 1. The van der Waals surface area contributed by atoms with Crippen LogP contribution in [0.15, 0.2) is 33.7 Å². The molecule has 0 aliphatic heterocycles. The molecule has 5 heteroatoms. The van der Waals surface area contributed by atoms with Crippen LogP contribution < -0.4 is 0 Å². The van der Waals surface area contributed by atoms with Gasteiger partial charge in [0.25, 0.3) is 0 Å². The van der Waals surface area contributed by atoms with Gasteiger partial charge in [0.05, 0.1) is 7.11 Å². The van der Waals surface area contributed by atoms with Crippen molar-refractivity contribution in [3.05, 3.63) is 34.3 Å². The first-order chi connectivity index (χ1) is 8.51. The standard InChI is InChI=1S/C13H14BrNO3/c1-8(15-2)11(13(17)18-3)12(16)9-4-6-10(14)7-5-9/h4-7,11H,1-3H3. The van der Waals surface area contributed by atoms with Crippen molar-refractivity contribution in [2.24, 2.45) is 10.9 Å². The van der Waals surface area contributed by atoms with E-state index >= 15 is 0 Å². The largest absolute Gasteiger partial charge is 0.468 e. The average molecular weight is 312 g/mol. The van der Waals surface area contributed by atoms with Crippen molar-refractivity contribution in [3.63, 3.8) is 0 Å². The molecule has 0 spiro atoms. The minimum Gasteiger partial charge on any atom is -0.468 e. The van der Waals surface area contributed by atoms with E-state index in [1.807, 2.05) is 0 Å². The molecule has 0 fully saturated rings. The van der Waals surface area contributed by atoms with E-state index in [-0.39, 0.29) is 5.78 Å². The highest BCUT2D eigenvalue weighted by Gasteiger charge is 2.30. The van der Waals surface area contributed by atoms with Gasteiger partial charge in [-0.3, -0.25) is 14.6 Å². The van der Waals surface area contributed by atoms with Crippen molar-refractivity contribution in [2.45, 2.75) is 6.92 Å². The second kappa shape index (κ2) is 6.44. The molecule has 0 aromatic heterocycles. The molecule has 1 aromatic rings. The number of ketones is 1. The highest BCUT2D eigenvalue weighted by atomic mass is 79.9. The zero-order valence-corrected chi connectivity index (χ0v) is 12.0. The van der Waals surface area contributed by atoms with E-state index in [1.54, 1.807) is 38.2 Å². The molecule has 96 valence electrons. The van der Waals surface area contributed by atoms with Gasteiger partial charge < -0.3 is 4.74 Å². The predicted molar refractivity (Wildman–Crippen MR) is 73.0 cm³/mol.